The van der Waals surface area contributed by atoms with E-state index in [1.807, 2.05) is 0 Å². The van der Waals surface area contributed by atoms with Crippen molar-refractivity contribution in [2.24, 2.45) is 23.2 Å². The summed E-state index contributed by atoms with van der Waals surface area (Å²) in [6.07, 6.45) is 14.3. The van der Waals surface area contributed by atoms with Crippen LogP contribution in [0.25, 0.3) is 0 Å². The molecule has 0 aromatic rings. The van der Waals surface area contributed by atoms with Crippen molar-refractivity contribution in [3.8, 4) is 0 Å². The standard InChI is InChI=1S/C35H64O3Si2/c1-25(20-22-36)29-18-19-30-28(15-14-21-35(29,30)9)17-16-27-23-31(37-39(10,11)33(3,4)5)26(2)32(24-27)38-40(12,13)34(6,7)8/h16-17,25,29-32,36H,2,14-15,18-24H2,1,3-13H3/b27-16?,28-17+/t25-,29?,30?,31-,32+,35-/m1/s1. The SMILES string of the molecule is C=C1[C@@H](O[Si](C)(C)C(C)(C)C)CC(=C/C=C2\CCC[C@@]3(C)C2CCC3[C@H](C)CCO)C[C@H]1O[Si](C)(C)C(C)(C)C. The van der Waals surface area contributed by atoms with E-state index in [-0.39, 0.29) is 22.3 Å². The minimum absolute atomic E-state index is 0.0286. The monoisotopic (exact) mass is 588 g/mol. The zero-order valence-electron chi connectivity index (χ0n) is 28.4. The third-order valence-electron chi connectivity index (χ3n) is 12.1. The number of hydrogen-bond acceptors (Lipinski definition) is 3. The molecule has 5 heteroatoms. The number of hydrogen-bond donors (Lipinski definition) is 1. The van der Waals surface area contributed by atoms with Crippen LogP contribution in [0.3, 0.4) is 0 Å². The zero-order chi connectivity index (χ0) is 30.3. The molecule has 0 spiro atoms. The van der Waals surface area contributed by atoms with Gasteiger partial charge in [0.15, 0.2) is 16.6 Å². The fraction of sp³-hybridized carbons (Fsp3) is 0.829. The second-order valence-electron chi connectivity index (χ2n) is 16.9. The lowest BCUT2D eigenvalue weighted by molar-refractivity contribution is 0.0857. The predicted octanol–water partition coefficient (Wildman–Crippen LogP) is 10.2. The molecule has 0 radical (unpaired) electrons. The third-order valence-corrected chi connectivity index (χ3v) is 21.0. The van der Waals surface area contributed by atoms with Gasteiger partial charge >= 0.3 is 0 Å². The van der Waals surface area contributed by atoms with E-state index in [9.17, 15) is 5.11 Å². The van der Waals surface area contributed by atoms with E-state index in [1.165, 1.54) is 37.7 Å². The Morgan fingerprint density at radius 3 is 1.95 bits per heavy atom. The van der Waals surface area contributed by atoms with E-state index < -0.39 is 16.6 Å². The molecule has 0 amide bonds. The Kier molecular flexibility index (Phi) is 10.4. The molecule has 3 fully saturated rings. The highest BCUT2D eigenvalue weighted by atomic mass is 28.4. The molecule has 3 saturated carbocycles. The largest absolute Gasteiger partial charge is 0.410 e. The lowest BCUT2D eigenvalue weighted by Gasteiger charge is -2.46. The molecule has 3 aliphatic carbocycles. The molecule has 230 valence electrons. The van der Waals surface area contributed by atoms with Crippen molar-refractivity contribution in [2.75, 3.05) is 6.61 Å². The van der Waals surface area contributed by atoms with Crippen LogP contribution in [-0.2, 0) is 8.85 Å². The van der Waals surface area contributed by atoms with Gasteiger partial charge in [0.25, 0.3) is 0 Å². The number of allylic oxidation sites excluding steroid dienone is 3. The highest BCUT2D eigenvalue weighted by Gasteiger charge is 2.50. The van der Waals surface area contributed by atoms with Crippen LogP contribution in [0.1, 0.15) is 107 Å². The average Bonchev–Trinajstić information content (AvgIpc) is 3.16. The van der Waals surface area contributed by atoms with Crippen LogP contribution in [0.15, 0.2) is 35.5 Å². The van der Waals surface area contributed by atoms with Crippen LogP contribution in [0.5, 0.6) is 0 Å². The normalized spacial score (nSPS) is 33.5. The molecule has 1 N–H and O–H groups in total. The van der Waals surface area contributed by atoms with Crippen LogP contribution >= 0.6 is 0 Å². The van der Waals surface area contributed by atoms with Gasteiger partial charge in [-0.05, 0) is 116 Å². The summed E-state index contributed by atoms with van der Waals surface area (Å²) in [5.41, 5.74) is 4.65. The molecule has 0 bridgehead atoms. The molecule has 0 aromatic heterocycles. The Balaban J connectivity index is 1.91. The van der Waals surface area contributed by atoms with Crippen molar-refractivity contribution in [3.05, 3.63) is 35.5 Å². The first-order valence-electron chi connectivity index (χ1n) is 16.3. The van der Waals surface area contributed by atoms with Crippen molar-refractivity contribution in [3.63, 3.8) is 0 Å². The van der Waals surface area contributed by atoms with Crippen molar-refractivity contribution in [1.82, 2.24) is 0 Å². The van der Waals surface area contributed by atoms with Gasteiger partial charge in [-0.3, -0.25) is 0 Å². The first kappa shape index (κ1) is 34.0. The fourth-order valence-electron chi connectivity index (χ4n) is 7.31. The molecular weight excluding hydrogens is 525 g/mol. The van der Waals surface area contributed by atoms with Crippen molar-refractivity contribution in [2.45, 2.75) is 155 Å². The van der Waals surface area contributed by atoms with E-state index in [1.54, 1.807) is 5.57 Å². The average molecular weight is 589 g/mol. The van der Waals surface area contributed by atoms with Gasteiger partial charge in [-0.15, -0.1) is 0 Å². The van der Waals surface area contributed by atoms with Gasteiger partial charge < -0.3 is 14.0 Å². The second-order valence-corrected chi connectivity index (χ2v) is 26.4. The molecule has 0 aromatic carbocycles. The van der Waals surface area contributed by atoms with E-state index >= 15 is 0 Å². The second kappa shape index (κ2) is 12.3. The number of fused-ring (bicyclic) bond motifs is 1. The Morgan fingerprint density at radius 2 is 1.48 bits per heavy atom. The number of aliphatic hydroxyl groups is 1. The predicted molar refractivity (Wildman–Crippen MR) is 178 cm³/mol. The first-order valence-corrected chi connectivity index (χ1v) is 22.1. The third kappa shape index (κ3) is 7.18. The number of rotatable bonds is 8. The molecule has 6 atom stereocenters. The van der Waals surface area contributed by atoms with Crippen LogP contribution in [-0.4, -0.2) is 40.6 Å². The topological polar surface area (TPSA) is 38.7 Å². The molecule has 3 rings (SSSR count). The van der Waals surface area contributed by atoms with Gasteiger partial charge in [0, 0.05) is 6.61 Å². The summed E-state index contributed by atoms with van der Waals surface area (Å²) in [6.45, 7) is 33.3. The Labute approximate surface area is 250 Å². The van der Waals surface area contributed by atoms with Crippen molar-refractivity contribution in [1.29, 1.82) is 0 Å². The quantitative estimate of drug-likeness (QED) is 0.226. The zero-order valence-corrected chi connectivity index (χ0v) is 30.4. The molecule has 3 nitrogen and oxygen atoms in total. The van der Waals surface area contributed by atoms with Gasteiger partial charge in [0.2, 0.25) is 0 Å². The maximum Gasteiger partial charge on any atom is 0.192 e. The Bertz CT molecular complexity index is 922. The molecular formula is C35H64O3Si2. The van der Waals surface area contributed by atoms with E-state index in [0.29, 0.717) is 23.9 Å². The molecule has 40 heavy (non-hydrogen) atoms. The highest BCUT2D eigenvalue weighted by molar-refractivity contribution is 6.74. The van der Waals surface area contributed by atoms with Gasteiger partial charge in [0.05, 0.1) is 12.2 Å². The maximum atomic E-state index is 9.61. The summed E-state index contributed by atoms with van der Waals surface area (Å²) >= 11 is 0. The summed E-state index contributed by atoms with van der Waals surface area (Å²) in [5.74, 6) is 2.01. The fourth-order valence-corrected chi connectivity index (χ4v) is 9.91. The van der Waals surface area contributed by atoms with E-state index in [4.69, 9.17) is 8.85 Å². The lowest BCUT2D eigenvalue weighted by Crippen LogP contribution is -2.49. The van der Waals surface area contributed by atoms with Gasteiger partial charge in [-0.1, -0.05) is 85.3 Å². The maximum absolute atomic E-state index is 9.61. The van der Waals surface area contributed by atoms with Crippen LogP contribution in [0, 0.1) is 23.2 Å². The molecule has 0 saturated heterocycles. The lowest BCUT2D eigenvalue weighted by atomic mass is 9.61. The summed E-state index contributed by atoms with van der Waals surface area (Å²) in [5, 5.41) is 9.92. The van der Waals surface area contributed by atoms with Crippen LogP contribution < -0.4 is 0 Å². The summed E-state index contributed by atoms with van der Waals surface area (Å²) in [6, 6.07) is 0. The minimum atomic E-state index is -1.96. The summed E-state index contributed by atoms with van der Waals surface area (Å²) < 4.78 is 14.1. The van der Waals surface area contributed by atoms with Crippen molar-refractivity contribution < 1.29 is 14.0 Å². The van der Waals surface area contributed by atoms with Gasteiger partial charge in [-0.2, -0.15) is 0 Å². The van der Waals surface area contributed by atoms with Gasteiger partial charge in [-0.25, -0.2) is 0 Å². The van der Waals surface area contributed by atoms with Crippen LogP contribution in [0.4, 0.5) is 0 Å². The Hall–Kier alpha value is -0.466. The molecule has 3 aliphatic rings. The first-order chi connectivity index (χ1) is 18.2. The molecule has 0 heterocycles. The van der Waals surface area contributed by atoms with E-state index in [2.05, 4.69) is 100 Å². The van der Waals surface area contributed by atoms with E-state index in [0.717, 1.165) is 30.8 Å². The minimum Gasteiger partial charge on any atom is -0.410 e. The van der Waals surface area contributed by atoms with Crippen LogP contribution in [0.2, 0.25) is 36.3 Å². The summed E-state index contributed by atoms with van der Waals surface area (Å²) in [7, 11) is -3.92. The Morgan fingerprint density at radius 1 is 0.950 bits per heavy atom. The highest BCUT2D eigenvalue weighted by Crippen LogP contribution is 2.59. The molecule has 2 unspecified atom stereocenters. The van der Waals surface area contributed by atoms with Crippen molar-refractivity contribution >= 4 is 16.6 Å². The molecule has 0 aliphatic heterocycles. The smallest absolute Gasteiger partial charge is 0.192 e. The number of aliphatic hydroxyl groups excluding tert-OH is 1. The van der Waals surface area contributed by atoms with Gasteiger partial charge in [0.1, 0.15) is 0 Å². The summed E-state index contributed by atoms with van der Waals surface area (Å²) in [4.78, 5) is 0.